The van der Waals surface area contributed by atoms with Gasteiger partial charge in [-0.25, -0.2) is 22.3 Å². The molecule has 2 N–H and O–H groups in total. The highest BCUT2D eigenvalue weighted by molar-refractivity contribution is 7.89. The Morgan fingerprint density at radius 2 is 1.97 bits per heavy atom. The summed E-state index contributed by atoms with van der Waals surface area (Å²) < 4.78 is 53.4. The zero-order valence-electron chi connectivity index (χ0n) is 19.0. The third-order valence-corrected chi connectivity index (χ3v) is 7.23. The van der Waals surface area contributed by atoms with E-state index < -0.39 is 34.0 Å². The van der Waals surface area contributed by atoms with Crippen molar-refractivity contribution in [3.63, 3.8) is 0 Å². The number of imide groups is 1. The highest BCUT2D eigenvalue weighted by Gasteiger charge is 2.28. The number of unbranched alkanes of at least 4 members (excludes halogenated alkanes) is 2. The third kappa shape index (κ3) is 7.94. The van der Waals surface area contributed by atoms with Crippen LogP contribution in [0.2, 0.25) is 0 Å². The molecule has 3 amide bonds. The van der Waals surface area contributed by atoms with E-state index >= 15 is 0 Å². The van der Waals surface area contributed by atoms with Crippen molar-refractivity contribution in [1.82, 2.24) is 14.9 Å². The summed E-state index contributed by atoms with van der Waals surface area (Å²) >= 11 is 0. The zero-order valence-corrected chi connectivity index (χ0v) is 19.8. The minimum absolute atomic E-state index is 0.0370. The molecule has 3 rings (SSSR count). The summed E-state index contributed by atoms with van der Waals surface area (Å²) in [5.41, 5.74) is 0.434. The predicted molar refractivity (Wildman–Crippen MR) is 120 cm³/mol. The van der Waals surface area contributed by atoms with Gasteiger partial charge in [-0.15, -0.1) is 0 Å². The lowest BCUT2D eigenvalue weighted by molar-refractivity contribution is -0.118. The fourth-order valence-corrected chi connectivity index (χ4v) is 5.02. The SMILES string of the molecule is COC(C)C(NS(=O)(=O)CCCCCN1CC(=O)NC1=O)c1cc(F)cc(OCC2CC2)c1. The van der Waals surface area contributed by atoms with Crippen LogP contribution in [0.15, 0.2) is 18.2 Å². The first-order valence-corrected chi connectivity index (χ1v) is 12.9. The molecule has 1 saturated heterocycles. The fraction of sp³-hybridized carbons (Fsp3) is 0.636. The summed E-state index contributed by atoms with van der Waals surface area (Å²) in [5, 5.41) is 2.20. The lowest BCUT2D eigenvalue weighted by atomic mass is 10.0. The van der Waals surface area contributed by atoms with Crippen molar-refractivity contribution in [2.75, 3.05) is 32.6 Å². The number of nitrogens with one attached hydrogen (secondary N) is 2. The Balaban J connectivity index is 1.55. The average molecular weight is 486 g/mol. The van der Waals surface area contributed by atoms with Gasteiger partial charge in [-0.05, 0) is 56.2 Å². The van der Waals surface area contributed by atoms with Gasteiger partial charge in [0.2, 0.25) is 15.9 Å². The van der Waals surface area contributed by atoms with E-state index in [0.717, 1.165) is 12.8 Å². The van der Waals surface area contributed by atoms with E-state index in [9.17, 15) is 22.4 Å². The molecule has 1 saturated carbocycles. The van der Waals surface area contributed by atoms with E-state index in [1.807, 2.05) is 0 Å². The third-order valence-electron chi connectivity index (χ3n) is 5.79. The number of carbonyl (C=O) groups is 2. The van der Waals surface area contributed by atoms with Gasteiger partial charge in [0.25, 0.3) is 0 Å². The monoisotopic (exact) mass is 485 g/mol. The van der Waals surface area contributed by atoms with Crippen LogP contribution in [0.25, 0.3) is 0 Å². The molecule has 33 heavy (non-hydrogen) atoms. The van der Waals surface area contributed by atoms with Crippen LogP contribution in [0.4, 0.5) is 9.18 Å². The number of amides is 3. The second kappa shape index (κ2) is 11.3. The van der Waals surface area contributed by atoms with Gasteiger partial charge >= 0.3 is 6.03 Å². The first kappa shape index (κ1) is 25.4. The van der Waals surface area contributed by atoms with Gasteiger partial charge in [-0.3, -0.25) is 10.1 Å². The molecule has 1 aromatic carbocycles. The molecule has 1 aromatic rings. The van der Waals surface area contributed by atoms with Crippen LogP contribution < -0.4 is 14.8 Å². The Bertz CT molecular complexity index is 953. The van der Waals surface area contributed by atoms with Gasteiger partial charge in [0, 0.05) is 19.7 Å². The normalized spacial score (nSPS) is 18.3. The number of nitrogens with zero attached hydrogens (tertiary/aromatic N) is 1. The Morgan fingerprint density at radius 3 is 2.61 bits per heavy atom. The van der Waals surface area contributed by atoms with Gasteiger partial charge in [-0.1, -0.05) is 6.42 Å². The van der Waals surface area contributed by atoms with Gasteiger partial charge in [0.05, 0.1) is 24.5 Å². The van der Waals surface area contributed by atoms with Crippen LogP contribution in [-0.2, 0) is 19.6 Å². The first-order valence-electron chi connectivity index (χ1n) is 11.2. The summed E-state index contributed by atoms with van der Waals surface area (Å²) in [7, 11) is -2.22. The van der Waals surface area contributed by atoms with Crippen LogP contribution in [0.5, 0.6) is 5.75 Å². The molecule has 1 heterocycles. The van der Waals surface area contributed by atoms with E-state index in [2.05, 4.69) is 10.0 Å². The number of benzene rings is 1. The van der Waals surface area contributed by atoms with Crippen LogP contribution in [0.1, 0.15) is 50.6 Å². The number of hydrogen-bond donors (Lipinski definition) is 2. The van der Waals surface area contributed by atoms with E-state index in [-0.39, 0.29) is 18.2 Å². The lowest BCUT2D eigenvalue weighted by Crippen LogP contribution is -2.37. The van der Waals surface area contributed by atoms with Gasteiger partial charge in [-0.2, -0.15) is 0 Å². The maximum atomic E-state index is 14.2. The van der Waals surface area contributed by atoms with Crippen molar-refractivity contribution in [2.24, 2.45) is 5.92 Å². The smallest absolute Gasteiger partial charge is 0.324 e. The van der Waals surface area contributed by atoms with Gasteiger partial charge < -0.3 is 14.4 Å². The van der Waals surface area contributed by atoms with Crippen molar-refractivity contribution in [3.8, 4) is 5.75 Å². The van der Waals surface area contributed by atoms with Crippen molar-refractivity contribution in [1.29, 1.82) is 0 Å². The fourth-order valence-electron chi connectivity index (χ4n) is 3.60. The van der Waals surface area contributed by atoms with Crippen molar-refractivity contribution in [2.45, 2.75) is 51.2 Å². The predicted octanol–water partition coefficient (Wildman–Crippen LogP) is 2.33. The van der Waals surface area contributed by atoms with Crippen LogP contribution in [0, 0.1) is 11.7 Å². The summed E-state index contributed by atoms with van der Waals surface area (Å²) in [6.07, 6.45) is 3.21. The van der Waals surface area contributed by atoms with Crippen LogP contribution >= 0.6 is 0 Å². The Kier molecular flexibility index (Phi) is 8.66. The number of ether oxygens (including phenoxy) is 2. The molecule has 0 spiro atoms. The minimum atomic E-state index is -3.68. The minimum Gasteiger partial charge on any atom is -0.493 e. The number of methoxy groups -OCH3 is 1. The summed E-state index contributed by atoms with van der Waals surface area (Å²) in [4.78, 5) is 24.1. The molecule has 0 radical (unpaired) electrons. The molecule has 11 heteroatoms. The largest absolute Gasteiger partial charge is 0.493 e. The van der Waals surface area contributed by atoms with Crippen molar-refractivity contribution in [3.05, 3.63) is 29.6 Å². The Hall–Kier alpha value is -2.24. The first-order chi connectivity index (χ1) is 15.7. The molecule has 1 aliphatic heterocycles. The summed E-state index contributed by atoms with van der Waals surface area (Å²) in [6, 6.07) is 3.04. The summed E-state index contributed by atoms with van der Waals surface area (Å²) in [5.74, 6) is -0.0809. The topological polar surface area (TPSA) is 114 Å². The molecular weight excluding hydrogens is 453 g/mol. The quantitative estimate of drug-likeness (QED) is 0.309. The van der Waals surface area contributed by atoms with E-state index in [1.54, 1.807) is 13.0 Å². The molecular formula is C22H32FN3O6S. The number of carbonyl (C=O) groups excluding carboxylic acids is 2. The second-order valence-electron chi connectivity index (χ2n) is 8.67. The Labute approximate surface area is 194 Å². The zero-order chi connectivity index (χ0) is 24.0. The number of sulfonamides is 1. The van der Waals surface area contributed by atoms with E-state index in [4.69, 9.17) is 9.47 Å². The molecule has 0 bridgehead atoms. The van der Waals surface area contributed by atoms with Crippen molar-refractivity contribution < 1.29 is 31.9 Å². The lowest BCUT2D eigenvalue weighted by Gasteiger charge is -2.25. The molecule has 2 fully saturated rings. The van der Waals surface area contributed by atoms with Gasteiger partial charge in [0.1, 0.15) is 18.1 Å². The standard InChI is InChI=1S/C22H32FN3O6S/c1-15(31-2)21(17-10-18(23)12-19(11-17)32-14-16-6-7-16)25-33(29,30)9-5-3-4-8-26-13-20(27)24-22(26)28/h10-12,15-16,21,25H,3-9,13-14H2,1-2H3,(H,24,27,28). The van der Waals surface area contributed by atoms with Gasteiger partial charge in [0.15, 0.2) is 0 Å². The number of rotatable bonds is 14. The molecule has 2 atom stereocenters. The van der Waals surface area contributed by atoms with Crippen LogP contribution in [0.3, 0.4) is 0 Å². The second-order valence-corrected chi connectivity index (χ2v) is 10.5. The molecule has 0 aromatic heterocycles. The van der Waals surface area contributed by atoms with E-state index in [1.165, 1.54) is 24.1 Å². The number of halogens is 1. The average Bonchev–Trinajstić information content (AvgIpc) is 3.53. The van der Waals surface area contributed by atoms with E-state index in [0.29, 0.717) is 49.6 Å². The molecule has 2 unspecified atom stereocenters. The summed E-state index contributed by atoms with van der Waals surface area (Å²) in [6.45, 7) is 2.66. The highest BCUT2D eigenvalue weighted by Crippen LogP contribution is 2.31. The maximum Gasteiger partial charge on any atom is 0.324 e. The maximum absolute atomic E-state index is 14.2. The number of urea groups is 1. The molecule has 2 aliphatic rings. The molecule has 184 valence electrons. The van der Waals surface area contributed by atoms with Crippen molar-refractivity contribution >= 4 is 22.0 Å². The molecule has 9 nitrogen and oxygen atoms in total. The number of hydrogen-bond acceptors (Lipinski definition) is 6. The Morgan fingerprint density at radius 1 is 1.21 bits per heavy atom. The highest BCUT2D eigenvalue weighted by atomic mass is 32.2. The van der Waals surface area contributed by atoms with Crippen LogP contribution in [-0.4, -0.2) is 63.9 Å². The molecule has 1 aliphatic carbocycles.